The number of thiophene rings is 1. The summed E-state index contributed by atoms with van der Waals surface area (Å²) in [6, 6.07) is 0.243. The molecule has 0 spiro atoms. The molecule has 7 heteroatoms. The quantitative estimate of drug-likeness (QED) is 0.886. The minimum absolute atomic E-state index is 0.122. The van der Waals surface area contributed by atoms with Crippen molar-refractivity contribution in [3.05, 3.63) is 16.8 Å². The number of nitrogens with one attached hydrogen (secondary N) is 1. The van der Waals surface area contributed by atoms with Crippen molar-refractivity contribution in [2.75, 3.05) is 37.6 Å². The molecule has 1 aliphatic heterocycles. The summed E-state index contributed by atoms with van der Waals surface area (Å²) in [5.74, 6) is 1.16. The molecular formula is C18H27N5OS. The van der Waals surface area contributed by atoms with Gasteiger partial charge in [-0.25, -0.2) is 9.97 Å². The molecule has 1 atom stereocenters. The van der Waals surface area contributed by atoms with Gasteiger partial charge in [0.05, 0.1) is 11.9 Å². The number of aryl methyl sites for hydroxylation is 2. The summed E-state index contributed by atoms with van der Waals surface area (Å²) < 4.78 is 0. The van der Waals surface area contributed by atoms with Gasteiger partial charge >= 0.3 is 0 Å². The van der Waals surface area contributed by atoms with Gasteiger partial charge < -0.3 is 10.2 Å². The highest BCUT2D eigenvalue weighted by molar-refractivity contribution is 7.18. The van der Waals surface area contributed by atoms with Crippen LogP contribution in [0.15, 0.2) is 6.33 Å². The van der Waals surface area contributed by atoms with Crippen LogP contribution < -0.4 is 10.2 Å². The third-order valence-electron chi connectivity index (χ3n) is 5.00. The monoisotopic (exact) mass is 361 g/mol. The van der Waals surface area contributed by atoms with E-state index in [9.17, 15) is 4.79 Å². The van der Waals surface area contributed by atoms with E-state index < -0.39 is 0 Å². The molecule has 2 aromatic rings. The van der Waals surface area contributed by atoms with Crippen molar-refractivity contribution >= 4 is 33.3 Å². The van der Waals surface area contributed by atoms with Crippen molar-refractivity contribution in [3.63, 3.8) is 0 Å². The largest absolute Gasteiger partial charge is 0.353 e. The topological polar surface area (TPSA) is 61.4 Å². The van der Waals surface area contributed by atoms with Crippen LogP contribution in [0.25, 0.3) is 10.2 Å². The number of carbonyl (C=O) groups is 1. The second kappa shape index (κ2) is 7.66. The molecule has 2 aromatic heterocycles. The Bertz CT molecular complexity index is 751. The van der Waals surface area contributed by atoms with Crippen molar-refractivity contribution in [2.45, 2.75) is 40.2 Å². The number of fused-ring (bicyclic) bond motifs is 1. The zero-order valence-corrected chi connectivity index (χ0v) is 16.3. The molecule has 6 nitrogen and oxygen atoms in total. The molecule has 1 saturated heterocycles. The van der Waals surface area contributed by atoms with Gasteiger partial charge in [0.15, 0.2) is 0 Å². The number of anilines is 1. The Kier molecular flexibility index (Phi) is 5.54. The summed E-state index contributed by atoms with van der Waals surface area (Å²) >= 11 is 1.73. The molecule has 1 fully saturated rings. The highest BCUT2D eigenvalue weighted by Crippen LogP contribution is 2.34. The van der Waals surface area contributed by atoms with Crippen LogP contribution in [0.2, 0.25) is 0 Å². The summed E-state index contributed by atoms with van der Waals surface area (Å²) in [6.45, 7) is 12.4. The van der Waals surface area contributed by atoms with Crippen LogP contribution in [-0.2, 0) is 4.79 Å². The number of amides is 1. The molecular weight excluding hydrogens is 334 g/mol. The first kappa shape index (κ1) is 18.1. The van der Waals surface area contributed by atoms with E-state index in [1.165, 1.54) is 15.8 Å². The normalized spacial score (nSPS) is 17.0. The van der Waals surface area contributed by atoms with Gasteiger partial charge in [-0.1, -0.05) is 6.92 Å². The first-order chi connectivity index (χ1) is 12.0. The Balaban J connectivity index is 1.64. The van der Waals surface area contributed by atoms with Crippen molar-refractivity contribution in [3.8, 4) is 0 Å². The molecule has 1 amide bonds. The maximum Gasteiger partial charge on any atom is 0.234 e. The highest BCUT2D eigenvalue weighted by atomic mass is 32.1. The van der Waals surface area contributed by atoms with Gasteiger partial charge in [0.1, 0.15) is 17.0 Å². The van der Waals surface area contributed by atoms with E-state index in [2.05, 4.69) is 45.9 Å². The molecule has 0 aliphatic carbocycles. The molecule has 0 bridgehead atoms. The lowest BCUT2D eigenvalue weighted by Crippen LogP contribution is -2.50. The average molecular weight is 362 g/mol. The lowest BCUT2D eigenvalue weighted by molar-refractivity contribution is -0.122. The fraction of sp³-hybridized carbons (Fsp3) is 0.611. The maximum atomic E-state index is 12.1. The molecule has 0 radical (unpaired) electrons. The minimum atomic E-state index is 0.122. The summed E-state index contributed by atoms with van der Waals surface area (Å²) in [5.41, 5.74) is 1.28. The first-order valence-corrected chi connectivity index (χ1v) is 9.78. The Morgan fingerprint density at radius 3 is 2.68 bits per heavy atom. The summed E-state index contributed by atoms with van der Waals surface area (Å²) in [4.78, 5) is 28.0. The van der Waals surface area contributed by atoms with Gasteiger partial charge in [-0.15, -0.1) is 11.3 Å². The number of carbonyl (C=O) groups excluding carboxylic acids is 1. The van der Waals surface area contributed by atoms with Crippen LogP contribution in [0.1, 0.15) is 30.7 Å². The highest BCUT2D eigenvalue weighted by Gasteiger charge is 2.23. The maximum absolute atomic E-state index is 12.1. The van der Waals surface area contributed by atoms with Gasteiger partial charge in [0.25, 0.3) is 0 Å². The van der Waals surface area contributed by atoms with Crippen molar-refractivity contribution in [1.29, 1.82) is 0 Å². The predicted molar refractivity (Wildman–Crippen MR) is 103 cm³/mol. The van der Waals surface area contributed by atoms with E-state index >= 15 is 0 Å². The van der Waals surface area contributed by atoms with Crippen molar-refractivity contribution in [1.82, 2.24) is 20.2 Å². The molecule has 3 heterocycles. The Morgan fingerprint density at radius 2 is 2.00 bits per heavy atom. The van der Waals surface area contributed by atoms with E-state index in [1.54, 1.807) is 17.7 Å². The van der Waals surface area contributed by atoms with Crippen LogP contribution in [0.3, 0.4) is 0 Å². The number of rotatable bonds is 5. The molecule has 1 aliphatic rings. The molecule has 25 heavy (non-hydrogen) atoms. The second-order valence-corrected chi connectivity index (χ2v) is 8.00. The van der Waals surface area contributed by atoms with Crippen LogP contribution in [0, 0.1) is 13.8 Å². The van der Waals surface area contributed by atoms with Gasteiger partial charge in [0, 0.05) is 37.1 Å². The molecule has 1 unspecified atom stereocenters. The summed E-state index contributed by atoms with van der Waals surface area (Å²) in [6.07, 6.45) is 2.63. The van der Waals surface area contributed by atoms with Crippen LogP contribution in [-0.4, -0.2) is 59.5 Å². The molecule has 0 aromatic carbocycles. The number of nitrogens with zero attached hydrogens (tertiary/aromatic N) is 4. The van der Waals surface area contributed by atoms with Gasteiger partial charge in [-0.05, 0) is 32.8 Å². The fourth-order valence-electron chi connectivity index (χ4n) is 3.15. The Labute approximate surface area is 153 Å². The van der Waals surface area contributed by atoms with Crippen LogP contribution in [0.5, 0.6) is 0 Å². The minimum Gasteiger partial charge on any atom is -0.353 e. The van der Waals surface area contributed by atoms with Crippen molar-refractivity contribution < 1.29 is 4.79 Å². The summed E-state index contributed by atoms with van der Waals surface area (Å²) in [5, 5.41) is 4.23. The molecule has 0 saturated carbocycles. The third-order valence-corrected chi connectivity index (χ3v) is 6.12. The zero-order valence-electron chi connectivity index (χ0n) is 15.5. The fourth-order valence-corrected chi connectivity index (χ4v) is 4.14. The van der Waals surface area contributed by atoms with E-state index in [4.69, 9.17) is 0 Å². The lowest BCUT2D eigenvalue weighted by atomic mass is 10.2. The van der Waals surface area contributed by atoms with E-state index in [-0.39, 0.29) is 11.9 Å². The summed E-state index contributed by atoms with van der Waals surface area (Å²) in [7, 11) is 0. The van der Waals surface area contributed by atoms with Crippen LogP contribution in [0.4, 0.5) is 5.82 Å². The SMILES string of the molecule is CCC(C)NC(=O)CN1CCN(c2ncnc3sc(C)c(C)c23)CC1. The Morgan fingerprint density at radius 1 is 1.28 bits per heavy atom. The standard InChI is InChI=1S/C18H27N5OS/c1-5-12(2)21-15(24)10-22-6-8-23(9-7-22)17-16-13(3)14(4)25-18(16)20-11-19-17/h11-12H,5-10H2,1-4H3,(H,21,24). The van der Waals surface area contributed by atoms with E-state index in [1.807, 2.05) is 6.92 Å². The van der Waals surface area contributed by atoms with Gasteiger partial charge in [-0.3, -0.25) is 9.69 Å². The van der Waals surface area contributed by atoms with Gasteiger partial charge in [0.2, 0.25) is 5.91 Å². The third kappa shape index (κ3) is 3.93. The van der Waals surface area contributed by atoms with Crippen LogP contribution >= 0.6 is 11.3 Å². The molecule has 1 N–H and O–H groups in total. The average Bonchev–Trinajstić information content (AvgIpc) is 2.90. The second-order valence-electron chi connectivity index (χ2n) is 6.80. The number of piperazine rings is 1. The number of hydrogen-bond acceptors (Lipinski definition) is 6. The molecule has 3 rings (SSSR count). The molecule has 136 valence electrons. The smallest absolute Gasteiger partial charge is 0.234 e. The first-order valence-electron chi connectivity index (χ1n) is 8.97. The van der Waals surface area contributed by atoms with Gasteiger partial charge in [-0.2, -0.15) is 0 Å². The number of aromatic nitrogens is 2. The Hall–Kier alpha value is -1.73. The van der Waals surface area contributed by atoms with E-state index in [0.29, 0.717) is 6.54 Å². The van der Waals surface area contributed by atoms with Crippen molar-refractivity contribution in [2.24, 2.45) is 0 Å². The number of hydrogen-bond donors (Lipinski definition) is 1. The lowest BCUT2D eigenvalue weighted by Gasteiger charge is -2.35. The van der Waals surface area contributed by atoms with E-state index in [0.717, 1.165) is 43.2 Å². The zero-order chi connectivity index (χ0) is 18.0. The predicted octanol–water partition coefficient (Wildman–Crippen LogP) is 2.34.